The second kappa shape index (κ2) is 4.76. The van der Waals surface area contributed by atoms with Crippen molar-refractivity contribution < 1.29 is 4.79 Å². The number of hydrogen-bond donors (Lipinski definition) is 2. The number of thiol groups is 1. The van der Waals surface area contributed by atoms with Crippen LogP contribution in [0.5, 0.6) is 0 Å². The van der Waals surface area contributed by atoms with Gasteiger partial charge in [-0.1, -0.05) is 11.6 Å². The first-order valence-corrected chi connectivity index (χ1v) is 5.74. The van der Waals surface area contributed by atoms with E-state index < -0.39 is 0 Å². The Labute approximate surface area is 103 Å². The summed E-state index contributed by atoms with van der Waals surface area (Å²) in [5, 5.41) is 3.32. The maximum atomic E-state index is 11.7. The number of aromatic nitrogens is 2. The summed E-state index contributed by atoms with van der Waals surface area (Å²) in [6.45, 7) is 0.522. The highest BCUT2D eigenvalue weighted by atomic mass is 35.5. The van der Waals surface area contributed by atoms with Gasteiger partial charge in [0.05, 0.1) is 10.5 Å². The molecule has 2 heterocycles. The van der Waals surface area contributed by atoms with Gasteiger partial charge in [0.25, 0.3) is 5.91 Å². The van der Waals surface area contributed by atoms with Crippen LogP contribution in [0.2, 0.25) is 5.02 Å². The summed E-state index contributed by atoms with van der Waals surface area (Å²) in [7, 11) is 0. The minimum absolute atomic E-state index is 0.195. The number of nitrogens with one attached hydrogen (secondary N) is 1. The van der Waals surface area contributed by atoms with Crippen molar-refractivity contribution in [2.45, 2.75) is 0 Å². The Hall–Kier alpha value is -1.20. The lowest BCUT2D eigenvalue weighted by molar-refractivity contribution is 0.0953. The molecule has 0 fully saturated rings. The molecule has 0 bridgehead atoms. The predicted molar refractivity (Wildman–Crippen MR) is 66.4 cm³/mol. The van der Waals surface area contributed by atoms with Crippen LogP contribution in [0, 0.1) is 0 Å². The fourth-order valence-electron chi connectivity index (χ4n) is 1.40. The summed E-state index contributed by atoms with van der Waals surface area (Å²) in [5.41, 5.74) is 1.14. The Morgan fingerprint density at radius 1 is 1.56 bits per heavy atom. The second-order valence-electron chi connectivity index (χ2n) is 3.21. The molecule has 0 atom stereocenters. The van der Waals surface area contributed by atoms with E-state index in [4.69, 9.17) is 11.6 Å². The van der Waals surface area contributed by atoms with Gasteiger partial charge in [-0.15, -0.1) is 0 Å². The summed E-state index contributed by atoms with van der Waals surface area (Å²) < 4.78 is 1.72. The quantitative estimate of drug-likeness (QED) is 0.820. The van der Waals surface area contributed by atoms with Gasteiger partial charge in [-0.3, -0.25) is 4.79 Å². The van der Waals surface area contributed by atoms with Crippen molar-refractivity contribution in [1.82, 2.24) is 14.7 Å². The van der Waals surface area contributed by atoms with Crippen LogP contribution in [-0.2, 0) is 0 Å². The lowest BCUT2D eigenvalue weighted by Crippen LogP contribution is -2.25. The lowest BCUT2D eigenvalue weighted by Gasteiger charge is -2.00. The van der Waals surface area contributed by atoms with Crippen LogP contribution in [0.4, 0.5) is 0 Å². The Bertz CT molecular complexity index is 526. The molecule has 0 spiro atoms. The summed E-state index contributed by atoms with van der Waals surface area (Å²) in [6.07, 6.45) is 3.27. The second-order valence-corrected chi connectivity index (χ2v) is 4.10. The molecule has 2 aromatic rings. The molecule has 0 radical (unpaired) electrons. The fourth-order valence-corrected chi connectivity index (χ4v) is 1.68. The minimum Gasteiger partial charge on any atom is -0.350 e. The van der Waals surface area contributed by atoms with Crippen molar-refractivity contribution in [3.63, 3.8) is 0 Å². The van der Waals surface area contributed by atoms with Crippen LogP contribution >= 0.6 is 24.2 Å². The molecule has 84 valence electrons. The molecular formula is C10H10ClN3OS. The van der Waals surface area contributed by atoms with E-state index in [1.165, 1.54) is 0 Å². The molecule has 0 aliphatic carbocycles. The average Bonchev–Trinajstić information content (AvgIpc) is 2.68. The predicted octanol–water partition coefficient (Wildman–Crippen LogP) is 1.65. The number of amides is 1. The van der Waals surface area contributed by atoms with E-state index in [2.05, 4.69) is 22.9 Å². The maximum Gasteiger partial charge on any atom is 0.272 e. The number of fused-ring (bicyclic) bond motifs is 1. The van der Waals surface area contributed by atoms with Gasteiger partial charge in [0.15, 0.2) is 5.69 Å². The summed E-state index contributed by atoms with van der Waals surface area (Å²) in [4.78, 5) is 15.8. The zero-order valence-corrected chi connectivity index (χ0v) is 10.0. The third kappa shape index (κ3) is 2.15. The molecule has 1 N–H and O–H groups in total. The molecule has 0 saturated carbocycles. The standard InChI is InChI=1S/C10H10ClN3OS/c11-7-1-2-8-9(10(15)12-3-4-16)13-6-14(8)5-7/h1-2,5-6,16H,3-4H2,(H,12,15). The first kappa shape index (κ1) is 11.3. The molecule has 0 aliphatic rings. The zero-order chi connectivity index (χ0) is 11.5. The average molecular weight is 256 g/mol. The van der Waals surface area contributed by atoms with Crippen LogP contribution in [0.15, 0.2) is 24.7 Å². The van der Waals surface area contributed by atoms with Gasteiger partial charge in [-0.25, -0.2) is 4.98 Å². The van der Waals surface area contributed by atoms with Gasteiger partial charge in [-0.05, 0) is 12.1 Å². The number of carbonyl (C=O) groups is 1. The van der Waals surface area contributed by atoms with Gasteiger partial charge in [0, 0.05) is 18.5 Å². The molecule has 4 nitrogen and oxygen atoms in total. The lowest BCUT2D eigenvalue weighted by atomic mass is 10.3. The van der Waals surface area contributed by atoms with E-state index in [9.17, 15) is 4.79 Å². The van der Waals surface area contributed by atoms with Crippen LogP contribution in [0.1, 0.15) is 10.5 Å². The molecule has 0 saturated heterocycles. The Morgan fingerprint density at radius 3 is 3.12 bits per heavy atom. The number of imidazole rings is 1. The first-order valence-electron chi connectivity index (χ1n) is 4.73. The SMILES string of the molecule is O=C(NCCS)c1ncn2cc(Cl)ccc12. The molecule has 0 unspecified atom stereocenters. The maximum absolute atomic E-state index is 11.7. The Morgan fingerprint density at radius 2 is 2.38 bits per heavy atom. The van der Waals surface area contributed by atoms with Gasteiger partial charge in [0.1, 0.15) is 6.33 Å². The fraction of sp³-hybridized carbons (Fsp3) is 0.200. The number of halogens is 1. The molecule has 1 amide bonds. The van der Waals surface area contributed by atoms with Crippen molar-refractivity contribution in [2.24, 2.45) is 0 Å². The summed E-state index contributed by atoms with van der Waals surface area (Å²) >= 11 is 9.85. The van der Waals surface area contributed by atoms with Crippen LogP contribution in [0.3, 0.4) is 0 Å². The van der Waals surface area contributed by atoms with E-state index in [-0.39, 0.29) is 5.91 Å². The Balaban J connectivity index is 2.34. The molecule has 2 aromatic heterocycles. The van der Waals surface area contributed by atoms with E-state index in [0.29, 0.717) is 23.0 Å². The smallest absolute Gasteiger partial charge is 0.272 e. The molecule has 0 aromatic carbocycles. The molecular weight excluding hydrogens is 246 g/mol. The van der Waals surface area contributed by atoms with Gasteiger partial charge in [0.2, 0.25) is 0 Å². The van der Waals surface area contributed by atoms with Crippen molar-refractivity contribution >= 4 is 35.7 Å². The summed E-state index contributed by atoms with van der Waals surface area (Å²) in [5.74, 6) is 0.405. The first-order chi connectivity index (χ1) is 7.72. The highest BCUT2D eigenvalue weighted by Gasteiger charge is 2.12. The van der Waals surface area contributed by atoms with Crippen LogP contribution in [0.25, 0.3) is 5.52 Å². The largest absolute Gasteiger partial charge is 0.350 e. The van der Waals surface area contributed by atoms with Crippen molar-refractivity contribution in [1.29, 1.82) is 0 Å². The number of pyridine rings is 1. The number of nitrogens with zero attached hydrogens (tertiary/aromatic N) is 2. The van der Waals surface area contributed by atoms with E-state index in [0.717, 1.165) is 5.52 Å². The van der Waals surface area contributed by atoms with Crippen molar-refractivity contribution in [3.05, 3.63) is 35.4 Å². The number of hydrogen-bond acceptors (Lipinski definition) is 3. The van der Waals surface area contributed by atoms with E-state index in [1.54, 1.807) is 29.1 Å². The third-order valence-corrected chi connectivity index (χ3v) is 2.55. The topological polar surface area (TPSA) is 46.4 Å². The third-order valence-electron chi connectivity index (χ3n) is 2.11. The Kier molecular flexibility index (Phi) is 3.36. The number of carbonyl (C=O) groups excluding carboxylic acids is 1. The minimum atomic E-state index is -0.195. The highest BCUT2D eigenvalue weighted by Crippen LogP contribution is 2.14. The summed E-state index contributed by atoms with van der Waals surface area (Å²) in [6, 6.07) is 3.50. The van der Waals surface area contributed by atoms with E-state index >= 15 is 0 Å². The zero-order valence-electron chi connectivity index (χ0n) is 8.35. The highest BCUT2D eigenvalue weighted by molar-refractivity contribution is 7.80. The van der Waals surface area contributed by atoms with Crippen molar-refractivity contribution in [2.75, 3.05) is 12.3 Å². The molecule has 16 heavy (non-hydrogen) atoms. The van der Waals surface area contributed by atoms with Gasteiger partial charge >= 0.3 is 0 Å². The number of rotatable bonds is 3. The van der Waals surface area contributed by atoms with E-state index in [1.807, 2.05) is 0 Å². The monoisotopic (exact) mass is 255 g/mol. The molecule has 6 heteroatoms. The van der Waals surface area contributed by atoms with Gasteiger partial charge in [-0.2, -0.15) is 12.6 Å². The van der Waals surface area contributed by atoms with Crippen molar-refractivity contribution in [3.8, 4) is 0 Å². The molecule has 2 rings (SSSR count). The normalized spacial score (nSPS) is 10.6. The van der Waals surface area contributed by atoms with Gasteiger partial charge < -0.3 is 9.72 Å². The van der Waals surface area contributed by atoms with Crippen LogP contribution in [-0.4, -0.2) is 27.6 Å². The molecule has 0 aliphatic heterocycles. The van der Waals surface area contributed by atoms with Crippen LogP contribution < -0.4 is 5.32 Å².